The van der Waals surface area contributed by atoms with Crippen LogP contribution in [-0.4, -0.2) is 29.4 Å². The number of aryl methyl sites for hydroxylation is 1. The summed E-state index contributed by atoms with van der Waals surface area (Å²) < 4.78 is 7.16. The molecule has 3 rings (SSSR count). The maximum atomic E-state index is 12.6. The zero-order valence-corrected chi connectivity index (χ0v) is 15.7. The number of oxime groups is 1. The van der Waals surface area contributed by atoms with Crippen LogP contribution in [0, 0.1) is 6.92 Å². The van der Waals surface area contributed by atoms with E-state index in [0.29, 0.717) is 27.7 Å². The van der Waals surface area contributed by atoms with Gasteiger partial charge in [-0.3, -0.25) is 4.79 Å². The second kappa shape index (κ2) is 7.41. The quantitative estimate of drug-likeness (QED) is 0.817. The van der Waals surface area contributed by atoms with Gasteiger partial charge in [-0.25, -0.2) is 0 Å². The molecule has 132 valence electrons. The predicted octanol–water partition coefficient (Wildman–Crippen LogP) is 3.43. The highest BCUT2D eigenvalue weighted by molar-refractivity contribution is 7.09. The normalized spacial score (nSPS) is 17.4. The number of hydrogen-bond acceptors (Lipinski definition) is 5. The first-order valence-electron chi connectivity index (χ1n) is 7.75. The van der Waals surface area contributed by atoms with E-state index in [1.807, 2.05) is 24.6 Å². The molecule has 0 spiro atoms. The first-order valence-corrected chi connectivity index (χ1v) is 8.94. The molecule has 6 nitrogen and oxygen atoms in total. The van der Waals surface area contributed by atoms with E-state index < -0.39 is 5.91 Å². The fourth-order valence-corrected chi connectivity index (χ4v) is 3.61. The van der Waals surface area contributed by atoms with E-state index in [-0.39, 0.29) is 6.10 Å². The summed E-state index contributed by atoms with van der Waals surface area (Å²) in [5.41, 5.74) is 1.31. The lowest BCUT2D eigenvalue weighted by molar-refractivity contribution is 0.0717. The first kappa shape index (κ1) is 17.7. The summed E-state index contributed by atoms with van der Waals surface area (Å²) in [7, 11) is 1.51. The van der Waals surface area contributed by atoms with E-state index in [2.05, 4.69) is 10.1 Å². The maximum absolute atomic E-state index is 12.6. The van der Waals surface area contributed by atoms with Crippen LogP contribution in [0.3, 0.4) is 0 Å². The Morgan fingerprint density at radius 3 is 3.00 bits per heavy atom. The topological polar surface area (TPSA) is 65.2 Å². The average molecular weight is 380 g/mol. The molecular formula is C17H18ClN3O3S. The highest BCUT2D eigenvalue weighted by Gasteiger charge is 2.20. The molecule has 2 aromatic rings. The molecule has 25 heavy (non-hydrogen) atoms. The van der Waals surface area contributed by atoms with Gasteiger partial charge in [0.1, 0.15) is 5.75 Å². The van der Waals surface area contributed by atoms with Crippen LogP contribution in [-0.2, 0) is 11.4 Å². The molecule has 1 aliphatic rings. The summed E-state index contributed by atoms with van der Waals surface area (Å²) in [5.74, 6) is 0.0517. The number of thiazole rings is 1. The smallest absolute Gasteiger partial charge is 0.283 e. The molecule has 0 saturated carbocycles. The Hall–Kier alpha value is -2.12. The molecule has 8 heteroatoms. The van der Waals surface area contributed by atoms with Crippen molar-refractivity contribution in [3.05, 3.63) is 44.7 Å². The van der Waals surface area contributed by atoms with Gasteiger partial charge in [0.25, 0.3) is 5.91 Å². The average Bonchev–Trinajstić information content (AvgIpc) is 3.13. The van der Waals surface area contributed by atoms with Crippen molar-refractivity contribution in [1.29, 1.82) is 0 Å². The lowest BCUT2D eigenvalue weighted by atomic mass is 10.2. The number of halogens is 1. The number of amides is 1. The molecule has 1 aromatic heterocycles. The van der Waals surface area contributed by atoms with Gasteiger partial charge in [0, 0.05) is 22.5 Å². The third-order valence-corrected chi connectivity index (χ3v) is 4.88. The lowest BCUT2D eigenvalue weighted by Gasteiger charge is -2.09. The minimum Gasteiger partial charge on any atom is -0.496 e. The Kier molecular flexibility index (Phi) is 5.24. The minimum atomic E-state index is -0.394. The van der Waals surface area contributed by atoms with Gasteiger partial charge in [-0.05, 0) is 32.0 Å². The Labute approximate surface area is 154 Å². The van der Waals surface area contributed by atoms with Crippen molar-refractivity contribution in [2.45, 2.75) is 32.9 Å². The van der Waals surface area contributed by atoms with Gasteiger partial charge in [0.05, 0.1) is 24.9 Å². The standard InChI is InChI=1S/C17H18ClN3O3S/c1-10-6-13(24-20-10)9-21-8-11(2)25-17(21)19-16(22)14-7-12(18)4-5-15(14)23-3/h4-5,7-8,13H,6,9H2,1-3H3/b19-17-. The molecule has 0 aliphatic carbocycles. The Morgan fingerprint density at radius 1 is 1.52 bits per heavy atom. The van der Waals surface area contributed by atoms with Gasteiger partial charge in [0.2, 0.25) is 0 Å². The van der Waals surface area contributed by atoms with E-state index in [0.717, 1.165) is 17.0 Å². The maximum Gasteiger partial charge on any atom is 0.283 e. The van der Waals surface area contributed by atoms with Gasteiger partial charge in [-0.1, -0.05) is 16.8 Å². The molecule has 0 fully saturated rings. The largest absolute Gasteiger partial charge is 0.496 e. The Balaban J connectivity index is 1.91. The van der Waals surface area contributed by atoms with Crippen molar-refractivity contribution < 1.29 is 14.4 Å². The summed E-state index contributed by atoms with van der Waals surface area (Å²) in [6, 6.07) is 4.89. The molecule has 0 N–H and O–H groups in total. The van der Waals surface area contributed by atoms with Crippen molar-refractivity contribution in [2.75, 3.05) is 7.11 Å². The zero-order chi connectivity index (χ0) is 18.0. The molecule has 1 aliphatic heterocycles. The number of methoxy groups -OCH3 is 1. The molecule has 0 saturated heterocycles. The monoisotopic (exact) mass is 379 g/mol. The molecular weight excluding hydrogens is 362 g/mol. The highest BCUT2D eigenvalue weighted by atomic mass is 35.5. The first-order chi connectivity index (χ1) is 12.0. The van der Waals surface area contributed by atoms with Crippen LogP contribution in [0.2, 0.25) is 5.02 Å². The van der Waals surface area contributed by atoms with E-state index >= 15 is 0 Å². The molecule has 0 radical (unpaired) electrons. The highest BCUT2D eigenvalue weighted by Crippen LogP contribution is 2.23. The van der Waals surface area contributed by atoms with E-state index in [4.69, 9.17) is 21.2 Å². The third-order valence-electron chi connectivity index (χ3n) is 3.71. The number of benzene rings is 1. The zero-order valence-electron chi connectivity index (χ0n) is 14.2. The van der Waals surface area contributed by atoms with Crippen molar-refractivity contribution in [3.63, 3.8) is 0 Å². The van der Waals surface area contributed by atoms with Crippen molar-refractivity contribution in [3.8, 4) is 5.75 Å². The second-order valence-corrected chi connectivity index (χ2v) is 7.45. The minimum absolute atomic E-state index is 0.0382. The number of rotatable bonds is 4. The fraction of sp³-hybridized carbons (Fsp3) is 0.353. The van der Waals surface area contributed by atoms with Crippen LogP contribution < -0.4 is 9.54 Å². The fourth-order valence-electron chi connectivity index (χ4n) is 2.60. The Morgan fingerprint density at radius 2 is 2.32 bits per heavy atom. The molecule has 1 aromatic carbocycles. The van der Waals surface area contributed by atoms with Crippen molar-refractivity contribution in [1.82, 2.24) is 4.57 Å². The van der Waals surface area contributed by atoms with Crippen LogP contribution >= 0.6 is 22.9 Å². The molecule has 1 unspecified atom stereocenters. The lowest BCUT2D eigenvalue weighted by Crippen LogP contribution is -2.24. The van der Waals surface area contributed by atoms with Crippen LogP contribution in [0.4, 0.5) is 0 Å². The van der Waals surface area contributed by atoms with Crippen molar-refractivity contribution in [2.24, 2.45) is 10.1 Å². The van der Waals surface area contributed by atoms with Crippen molar-refractivity contribution >= 4 is 34.6 Å². The van der Waals surface area contributed by atoms with Gasteiger partial charge in [-0.15, -0.1) is 11.3 Å². The van der Waals surface area contributed by atoms with Gasteiger partial charge in [0.15, 0.2) is 10.9 Å². The number of aromatic nitrogens is 1. The van der Waals surface area contributed by atoms with Gasteiger partial charge in [-0.2, -0.15) is 4.99 Å². The SMILES string of the molecule is COc1ccc(Cl)cc1C(=O)/N=c1\sc(C)cn1CC1CC(C)=NO1. The van der Waals surface area contributed by atoms with E-state index in [9.17, 15) is 4.79 Å². The molecule has 2 heterocycles. The van der Waals surface area contributed by atoms with Gasteiger partial charge < -0.3 is 14.1 Å². The number of hydrogen-bond donors (Lipinski definition) is 0. The summed E-state index contributed by atoms with van der Waals surface area (Å²) in [6.45, 7) is 4.50. The van der Waals surface area contributed by atoms with E-state index in [1.165, 1.54) is 18.4 Å². The molecule has 1 amide bonds. The van der Waals surface area contributed by atoms with Crippen LogP contribution in [0.25, 0.3) is 0 Å². The van der Waals surface area contributed by atoms with Crippen LogP contribution in [0.1, 0.15) is 28.6 Å². The summed E-state index contributed by atoms with van der Waals surface area (Å²) >= 11 is 7.45. The predicted molar refractivity (Wildman–Crippen MR) is 97.5 cm³/mol. The van der Waals surface area contributed by atoms with E-state index in [1.54, 1.807) is 18.2 Å². The summed E-state index contributed by atoms with van der Waals surface area (Å²) in [6.07, 6.45) is 2.70. The van der Waals surface area contributed by atoms with Crippen LogP contribution in [0.5, 0.6) is 5.75 Å². The van der Waals surface area contributed by atoms with Gasteiger partial charge >= 0.3 is 0 Å². The number of carbonyl (C=O) groups excluding carboxylic acids is 1. The second-order valence-electron chi connectivity index (χ2n) is 5.80. The third kappa shape index (κ3) is 4.11. The number of carbonyl (C=O) groups is 1. The molecule has 0 bridgehead atoms. The van der Waals surface area contributed by atoms with Crippen LogP contribution in [0.15, 0.2) is 34.5 Å². The number of nitrogens with zero attached hydrogens (tertiary/aromatic N) is 3. The summed E-state index contributed by atoms with van der Waals surface area (Å²) in [4.78, 5) is 24.0. The number of ether oxygens (including phenoxy) is 1. The summed E-state index contributed by atoms with van der Waals surface area (Å²) in [5, 5.41) is 4.43. The molecule has 1 atom stereocenters. The Bertz CT molecular complexity index is 901.